The molecule has 0 amide bonds. The average Bonchev–Trinajstić information content (AvgIpc) is 2.41. The van der Waals surface area contributed by atoms with E-state index in [-0.39, 0.29) is 11.6 Å². The minimum absolute atomic E-state index is 0.257. The molecule has 0 bridgehead atoms. The lowest BCUT2D eigenvalue weighted by molar-refractivity contribution is 0.386. The van der Waals surface area contributed by atoms with Gasteiger partial charge in [-0.1, -0.05) is 6.07 Å². The van der Waals surface area contributed by atoms with Crippen molar-refractivity contribution < 1.29 is 9.13 Å². The van der Waals surface area contributed by atoms with Crippen molar-refractivity contribution in [2.24, 2.45) is 0 Å². The second-order valence-corrected chi connectivity index (χ2v) is 4.79. The quantitative estimate of drug-likeness (QED) is 0.917. The molecule has 0 fully saturated rings. The zero-order valence-corrected chi connectivity index (χ0v) is 11.9. The van der Waals surface area contributed by atoms with Gasteiger partial charge in [0.15, 0.2) is 11.6 Å². The van der Waals surface area contributed by atoms with Crippen LogP contribution in [0.15, 0.2) is 35.1 Å². The molecule has 1 aromatic heterocycles. The van der Waals surface area contributed by atoms with Gasteiger partial charge < -0.3 is 10.1 Å². The number of halogens is 2. The molecular formula is C13H13BrFN3O. The molecule has 0 aliphatic carbocycles. The summed E-state index contributed by atoms with van der Waals surface area (Å²) in [6, 6.07) is 4.94. The number of benzene rings is 1. The van der Waals surface area contributed by atoms with E-state index in [1.54, 1.807) is 18.5 Å². The van der Waals surface area contributed by atoms with Gasteiger partial charge in [0, 0.05) is 18.9 Å². The number of ether oxygens (including phenoxy) is 1. The first-order valence-corrected chi connectivity index (χ1v) is 6.52. The van der Waals surface area contributed by atoms with Crippen molar-refractivity contribution in [1.29, 1.82) is 0 Å². The SMILES string of the molecule is COc1ccc(CCNc2ncc(Br)cn2)cc1F. The minimum atomic E-state index is -0.347. The zero-order valence-electron chi connectivity index (χ0n) is 10.4. The molecule has 19 heavy (non-hydrogen) atoms. The first-order chi connectivity index (χ1) is 9.19. The molecule has 1 N–H and O–H groups in total. The molecule has 0 radical (unpaired) electrons. The van der Waals surface area contributed by atoms with Crippen LogP contribution in [0.25, 0.3) is 0 Å². The Bertz CT molecular complexity index is 548. The summed E-state index contributed by atoms with van der Waals surface area (Å²) in [6.07, 6.45) is 4.02. The summed E-state index contributed by atoms with van der Waals surface area (Å²) in [7, 11) is 1.45. The van der Waals surface area contributed by atoms with Crippen molar-refractivity contribution in [3.05, 3.63) is 46.4 Å². The lowest BCUT2D eigenvalue weighted by Crippen LogP contribution is -2.07. The molecule has 1 heterocycles. The summed E-state index contributed by atoms with van der Waals surface area (Å²) in [5.74, 6) is 0.463. The van der Waals surface area contributed by atoms with Gasteiger partial charge in [-0.25, -0.2) is 14.4 Å². The summed E-state index contributed by atoms with van der Waals surface area (Å²) < 4.78 is 19.2. The standard InChI is InChI=1S/C13H13BrFN3O/c1-19-12-3-2-9(6-11(12)15)4-5-16-13-17-7-10(14)8-18-13/h2-3,6-8H,4-5H2,1H3,(H,16,17,18). The highest BCUT2D eigenvalue weighted by molar-refractivity contribution is 9.10. The van der Waals surface area contributed by atoms with Gasteiger partial charge in [-0.3, -0.25) is 0 Å². The highest BCUT2D eigenvalue weighted by Crippen LogP contribution is 2.17. The van der Waals surface area contributed by atoms with Gasteiger partial charge in [0.05, 0.1) is 11.6 Å². The van der Waals surface area contributed by atoms with Gasteiger partial charge in [0.25, 0.3) is 0 Å². The van der Waals surface area contributed by atoms with Gasteiger partial charge >= 0.3 is 0 Å². The van der Waals surface area contributed by atoms with E-state index in [0.717, 1.165) is 10.0 Å². The van der Waals surface area contributed by atoms with Crippen molar-refractivity contribution in [3.63, 3.8) is 0 Å². The van der Waals surface area contributed by atoms with E-state index in [2.05, 4.69) is 31.2 Å². The summed E-state index contributed by atoms with van der Waals surface area (Å²) in [6.45, 7) is 0.632. The third-order valence-electron chi connectivity index (χ3n) is 2.53. The van der Waals surface area contributed by atoms with Crippen LogP contribution >= 0.6 is 15.9 Å². The van der Waals surface area contributed by atoms with E-state index in [1.807, 2.05) is 6.07 Å². The Morgan fingerprint density at radius 1 is 1.32 bits per heavy atom. The van der Waals surface area contributed by atoms with Crippen LogP contribution in [0.2, 0.25) is 0 Å². The third kappa shape index (κ3) is 3.89. The van der Waals surface area contributed by atoms with Crippen molar-refractivity contribution in [3.8, 4) is 5.75 Å². The fourth-order valence-electron chi connectivity index (χ4n) is 1.59. The molecule has 0 spiro atoms. The number of anilines is 1. The van der Waals surface area contributed by atoms with Crippen LogP contribution in [0, 0.1) is 5.82 Å². The summed E-state index contributed by atoms with van der Waals surface area (Å²) >= 11 is 3.27. The molecule has 0 saturated carbocycles. The molecule has 0 unspecified atom stereocenters. The second kappa shape index (κ2) is 6.47. The molecule has 100 valence electrons. The zero-order chi connectivity index (χ0) is 13.7. The summed E-state index contributed by atoms with van der Waals surface area (Å²) in [5.41, 5.74) is 0.892. The van der Waals surface area contributed by atoms with Gasteiger partial charge in [0.2, 0.25) is 5.95 Å². The van der Waals surface area contributed by atoms with Crippen LogP contribution < -0.4 is 10.1 Å². The molecule has 4 nitrogen and oxygen atoms in total. The number of methoxy groups -OCH3 is 1. The lowest BCUT2D eigenvalue weighted by Gasteiger charge is -2.06. The number of nitrogens with one attached hydrogen (secondary N) is 1. The minimum Gasteiger partial charge on any atom is -0.494 e. The predicted octanol–water partition coefficient (Wildman–Crippen LogP) is 3.04. The van der Waals surface area contributed by atoms with E-state index in [1.165, 1.54) is 13.2 Å². The van der Waals surface area contributed by atoms with Crippen molar-refractivity contribution in [2.75, 3.05) is 19.0 Å². The second-order valence-electron chi connectivity index (χ2n) is 3.87. The molecule has 0 aliphatic heterocycles. The Balaban J connectivity index is 1.88. The first-order valence-electron chi connectivity index (χ1n) is 5.73. The maximum absolute atomic E-state index is 13.5. The molecule has 6 heteroatoms. The number of nitrogens with zero attached hydrogens (tertiary/aromatic N) is 2. The molecule has 0 aliphatic rings. The molecule has 1 aromatic carbocycles. The Labute approximate surface area is 119 Å². The first kappa shape index (κ1) is 13.7. The van der Waals surface area contributed by atoms with E-state index in [9.17, 15) is 4.39 Å². The Hall–Kier alpha value is -1.69. The van der Waals surface area contributed by atoms with Crippen molar-refractivity contribution in [2.45, 2.75) is 6.42 Å². The molecule has 0 saturated heterocycles. The topological polar surface area (TPSA) is 47.0 Å². The summed E-state index contributed by atoms with van der Waals surface area (Å²) in [5, 5.41) is 3.07. The summed E-state index contributed by atoms with van der Waals surface area (Å²) in [4.78, 5) is 8.18. The van der Waals surface area contributed by atoms with Crippen LogP contribution in [0.3, 0.4) is 0 Å². The molecule has 2 aromatic rings. The average molecular weight is 326 g/mol. The van der Waals surface area contributed by atoms with E-state index in [4.69, 9.17) is 4.74 Å². The van der Waals surface area contributed by atoms with Gasteiger partial charge in [-0.2, -0.15) is 0 Å². The number of rotatable bonds is 5. The largest absolute Gasteiger partial charge is 0.494 e. The lowest BCUT2D eigenvalue weighted by atomic mass is 10.1. The molecule has 0 atom stereocenters. The van der Waals surface area contributed by atoms with Crippen molar-refractivity contribution in [1.82, 2.24) is 9.97 Å². The highest BCUT2D eigenvalue weighted by Gasteiger charge is 2.03. The van der Waals surface area contributed by atoms with Crippen LogP contribution in [-0.2, 0) is 6.42 Å². The number of hydrogen-bond donors (Lipinski definition) is 1. The monoisotopic (exact) mass is 325 g/mol. The number of aromatic nitrogens is 2. The Kier molecular flexibility index (Phi) is 4.68. The van der Waals surface area contributed by atoms with Gasteiger partial charge in [-0.15, -0.1) is 0 Å². The van der Waals surface area contributed by atoms with Gasteiger partial charge in [0.1, 0.15) is 0 Å². The maximum atomic E-state index is 13.5. The van der Waals surface area contributed by atoms with E-state index >= 15 is 0 Å². The van der Waals surface area contributed by atoms with Crippen LogP contribution in [0.5, 0.6) is 5.75 Å². The fourth-order valence-corrected chi connectivity index (χ4v) is 1.79. The fraction of sp³-hybridized carbons (Fsp3) is 0.231. The van der Waals surface area contributed by atoms with Gasteiger partial charge in [-0.05, 0) is 40.0 Å². The normalized spacial score (nSPS) is 10.3. The smallest absolute Gasteiger partial charge is 0.222 e. The maximum Gasteiger partial charge on any atom is 0.222 e. The van der Waals surface area contributed by atoms with E-state index in [0.29, 0.717) is 18.9 Å². The molecule has 2 rings (SSSR count). The van der Waals surface area contributed by atoms with Crippen LogP contribution in [-0.4, -0.2) is 23.6 Å². The van der Waals surface area contributed by atoms with E-state index < -0.39 is 0 Å². The predicted molar refractivity (Wildman–Crippen MR) is 74.9 cm³/mol. The Morgan fingerprint density at radius 3 is 2.68 bits per heavy atom. The highest BCUT2D eigenvalue weighted by atomic mass is 79.9. The van der Waals surface area contributed by atoms with Crippen LogP contribution in [0.1, 0.15) is 5.56 Å². The molecular weight excluding hydrogens is 313 g/mol. The Morgan fingerprint density at radius 2 is 2.05 bits per heavy atom. The number of hydrogen-bond acceptors (Lipinski definition) is 4. The van der Waals surface area contributed by atoms with Crippen molar-refractivity contribution >= 4 is 21.9 Å². The third-order valence-corrected chi connectivity index (χ3v) is 2.94. The van der Waals surface area contributed by atoms with Crippen LogP contribution in [0.4, 0.5) is 10.3 Å².